The topological polar surface area (TPSA) is 92.8 Å². The van der Waals surface area contributed by atoms with Gasteiger partial charge >= 0.3 is 0 Å². The number of aliphatic hydroxyl groups is 2. The number of ketones is 1. The molecule has 0 amide bonds. The molecule has 0 saturated carbocycles. The van der Waals surface area contributed by atoms with Gasteiger partial charge in [-0.15, -0.1) is 0 Å². The third-order valence-electron chi connectivity index (χ3n) is 2.84. The van der Waals surface area contributed by atoms with Crippen molar-refractivity contribution in [1.29, 1.82) is 0 Å². The number of benzene rings is 1. The molecule has 0 saturated heterocycles. The maximum atomic E-state index is 11.7. The lowest BCUT2D eigenvalue weighted by Crippen LogP contribution is -2.27. The Morgan fingerprint density at radius 1 is 1.41 bits per heavy atom. The Morgan fingerprint density at radius 2 is 2.18 bits per heavy atom. The van der Waals surface area contributed by atoms with Crippen LogP contribution in [-0.4, -0.2) is 35.3 Å². The van der Waals surface area contributed by atoms with Crippen LogP contribution in [0.4, 0.5) is 0 Å². The van der Waals surface area contributed by atoms with Crippen molar-refractivity contribution < 1.29 is 19.7 Å². The Hall–Kier alpha value is -1.43. The largest absolute Gasteiger partial charge is 0.492 e. The number of hydrogen-bond acceptors (Lipinski definition) is 5. The fraction of sp³-hybridized carbons (Fsp3) is 0.417. The molecule has 0 aromatic heterocycles. The van der Waals surface area contributed by atoms with E-state index in [2.05, 4.69) is 0 Å². The average Bonchev–Trinajstić information content (AvgIpc) is 2.37. The van der Waals surface area contributed by atoms with Gasteiger partial charge in [0.1, 0.15) is 11.9 Å². The van der Waals surface area contributed by atoms with E-state index in [0.717, 1.165) is 0 Å². The van der Waals surface area contributed by atoms with Crippen molar-refractivity contribution in [3.05, 3.63) is 29.3 Å². The van der Waals surface area contributed by atoms with Crippen molar-refractivity contribution in [2.75, 3.05) is 13.2 Å². The highest BCUT2D eigenvalue weighted by molar-refractivity contribution is 5.99. The number of hydrogen-bond donors (Lipinski definition) is 3. The Bertz CT molecular complexity index is 433. The Kier molecular flexibility index (Phi) is 3.42. The van der Waals surface area contributed by atoms with Gasteiger partial charge in [0.15, 0.2) is 5.78 Å². The maximum Gasteiger partial charge on any atom is 0.170 e. The molecule has 1 aliphatic heterocycles. The Morgan fingerprint density at radius 3 is 2.88 bits per heavy atom. The molecule has 0 radical (unpaired) electrons. The Labute approximate surface area is 98.8 Å². The molecule has 2 atom stereocenters. The van der Waals surface area contributed by atoms with E-state index in [-0.39, 0.29) is 12.3 Å². The Balaban J connectivity index is 2.32. The van der Waals surface area contributed by atoms with Crippen LogP contribution < -0.4 is 10.5 Å². The first-order valence-electron chi connectivity index (χ1n) is 5.49. The molecule has 5 heteroatoms. The minimum Gasteiger partial charge on any atom is -0.492 e. The van der Waals surface area contributed by atoms with E-state index in [1.54, 1.807) is 18.2 Å². The van der Waals surface area contributed by atoms with Crippen LogP contribution in [0.1, 0.15) is 28.4 Å². The SMILES string of the molecule is NCC(O)C(O)c1ccc2c(c1)C(=O)CCO2. The van der Waals surface area contributed by atoms with E-state index in [9.17, 15) is 15.0 Å². The summed E-state index contributed by atoms with van der Waals surface area (Å²) in [7, 11) is 0. The maximum absolute atomic E-state index is 11.7. The first-order valence-corrected chi connectivity index (χ1v) is 5.49. The quantitative estimate of drug-likeness (QED) is 0.688. The lowest BCUT2D eigenvalue weighted by molar-refractivity contribution is 0.0242. The van der Waals surface area contributed by atoms with Crippen molar-refractivity contribution >= 4 is 5.78 Å². The van der Waals surface area contributed by atoms with Crippen LogP contribution in [0.25, 0.3) is 0 Å². The molecule has 17 heavy (non-hydrogen) atoms. The monoisotopic (exact) mass is 237 g/mol. The number of Topliss-reactive ketones (excluding diaryl/α,β-unsaturated/α-hetero) is 1. The van der Waals surface area contributed by atoms with E-state index >= 15 is 0 Å². The normalized spacial score (nSPS) is 18.2. The molecule has 0 spiro atoms. The standard InChI is InChI=1S/C12H15NO4/c13-6-10(15)12(16)7-1-2-11-8(5-7)9(14)3-4-17-11/h1-2,5,10,12,15-16H,3-4,6,13H2. The van der Waals surface area contributed by atoms with Crippen LogP contribution in [0, 0.1) is 0 Å². The minimum absolute atomic E-state index is 0.0115. The van der Waals surface area contributed by atoms with Gasteiger partial charge in [0.25, 0.3) is 0 Å². The highest BCUT2D eigenvalue weighted by Crippen LogP contribution is 2.28. The van der Waals surface area contributed by atoms with Gasteiger partial charge in [-0.2, -0.15) is 0 Å². The fourth-order valence-electron chi connectivity index (χ4n) is 1.81. The van der Waals surface area contributed by atoms with Crippen LogP contribution in [0.5, 0.6) is 5.75 Å². The van der Waals surface area contributed by atoms with Crippen molar-refractivity contribution in [3.63, 3.8) is 0 Å². The number of rotatable bonds is 3. The summed E-state index contributed by atoms with van der Waals surface area (Å²) in [6.45, 7) is 0.349. The zero-order chi connectivity index (χ0) is 12.4. The molecule has 1 aromatic carbocycles. The van der Waals surface area contributed by atoms with E-state index in [1.807, 2.05) is 0 Å². The number of carbonyl (C=O) groups excluding carboxylic acids is 1. The average molecular weight is 237 g/mol. The van der Waals surface area contributed by atoms with Crippen LogP contribution in [0.2, 0.25) is 0 Å². The molecule has 5 nitrogen and oxygen atoms in total. The third kappa shape index (κ3) is 2.31. The van der Waals surface area contributed by atoms with E-state index in [0.29, 0.717) is 29.9 Å². The van der Waals surface area contributed by atoms with Crippen molar-refractivity contribution in [2.45, 2.75) is 18.6 Å². The second-order valence-corrected chi connectivity index (χ2v) is 4.03. The molecule has 92 valence electrons. The van der Waals surface area contributed by atoms with Crippen molar-refractivity contribution in [2.24, 2.45) is 5.73 Å². The molecular weight excluding hydrogens is 222 g/mol. The van der Waals surface area contributed by atoms with Crippen LogP contribution in [-0.2, 0) is 0 Å². The lowest BCUT2D eigenvalue weighted by Gasteiger charge is -2.20. The molecule has 0 aliphatic carbocycles. The molecule has 0 bridgehead atoms. The molecule has 2 rings (SSSR count). The summed E-state index contributed by atoms with van der Waals surface area (Å²) in [5.41, 5.74) is 6.20. The predicted octanol–water partition coefficient (Wildman–Crippen LogP) is 0.00480. The van der Waals surface area contributed by atoms with Gasteiger partial charge in [-0.1, -0.05) is 6.07 Å². The molecule has 1 heterocycles. The molecule has 1 aliphatic rings. The van der Waals surface area contributed by atoms with Gasteiger partial charge in [-0.3, -0.25) is 4.79 Å². The second kappa shape index (κ2) is 4.83. The number of aliphatic hydroxyl groups excluding tert-OH is 2. The fourth-order valence-corrected chi connectivity index (χ4v) is 1.81. The predicted molar refractivity (Wildman–Crippen MR) is 60.9 cm³/mol. The summed E-state index contributed by atoms with van der Waals surface area (Å²) in [6, 6.07) is 4.82. The van der Waals surface area contributed by atoms with E-state index in [4.69, 9.17) is 10.5 Å². The first kappa shape index (κ1) is 12.0. The number of ether oxygens (including phenoxy) is 1. The van der Waals surface area contributed by atoms with Gasteiger partial charge in [0.2, 0.25) is 0 Å². The highest BCUT2D eigenvalue weighted by atomic mass is 16.5. The van der Waals surface area contributed by atoms with Gasteiger partial charge in [0, 0.05) is 13.0 Å². The molecule has 1 aromatic rings. The molecular formula is C12H15NO4. The van der Waals surface area contributed by atoms with Crippen LogP contribution in [0.3, 0.4) is 0 Å². The van der Waals surface area contributed by atoms with Crippen LogP contribution in [0.15, 0.2) is 18.2 Å². The van der Waals surface area contributed by atoms with Crippen molar-refractivity contribution in [1.82, 2.24) is 0 Å². The minimum atomic E-state index is -1.08. The van der Waals surface area contributed by atoms with Gasteiger partial charge < -0.3 is 20.7 Å². The summed E-state index contributed by atoms with van der Waals surface area (Å²) < 4.78 is 5.33. The summed E-state index contributed by atoms with van der Waals surface area (Å²) in [5.74, 6) is 0.516. The van der Waals surface area contributed by atoms with Crippen molar-refractivity contribution in [3.8, 4) is 5.75 Å². The highest BCUT2D eigenvalue weighted by Gasteiger charge is 2.22. The zero-order valence-corrected chi connectivity index (χ0v) is 9.30. The van der Waals surface area contributed by atoms with Gasteiger partial charge in [-0.05, 0) is 17.7 Å². The van der Waals surface area contributed by atoms with Crippen LogP contribution >= 0.6 is 0 Å². The number of carbonyl (C=O) groups is 1. The van der Waals surface area contributed by atoms with E-state index in [1.165, 1.54) is 0 Å². The summed E-state index contributed by atoms with van der Waals surface area (Å²) in [5, 5.41) is 19.3. The summed E-state index contributed by atoms with van der Waals surface area (Å²) >= 11 is 0. The second-order valence-electron chi connectivity index (χ2n) is 4.03. The number of fused-ring (bicyclic) bond motifs is 1. The lowest BCUT2D eigenvalue weighted by atomic mass is 9.97. The molecule has 2 unspecified atom stereocenters. The van der Waals surface area contributed by atoms with E-state index < -0.39 is 12.2 Å². The molecule has 4 N–H and O–H groups in total. The molecule has 0 fully saturated rings. The summed E-state index contributed by atoms with van der Waals surface area (Å²) in [6.07, 6.45) is -1.78. The van der Waals surface area contributed by atoms with Gasteiger partial charge in [0.05, 0.1) is 18.3 Å². The smallest absolute Gasteiger partial charge is 0.170 e. The number of nitrogens with two attached hydrogens (primary N) is 1. The third-order valence-corrected chi connectivity index (χ3v) is 2.84. The summed E-state index contributed by atoms with van der Waals surface area (Å²) in [4.78, 5) is 11.7. The zero-order valence-electron chi connectivity index (χ0n) is 9.30. The van der Waals surface area contributed by atoms with Gasteiger partial charge in [-0.25, -0.2) is 0 Å². The first-order chi connectivity index (χ1) is 8.13.